The first-order valence-corrected chi connectivity index (χ1v) is 12.1. The van der Waals surface area contributed by atoms with E-state index < -0.39 is 24.2 Å². The quantitative estimate of drug-likeness (QED) is 0.485. The lowest BCUT2D eigenvalue weighted by Crippen LogP contribution is -2.56. The first-order valence-electron chi connectivity index (χ1n) is 12.1. The standard InChI is InChI=1S/C27H30N2O6/c1-27(14-30,25(32)33)29-24(31)16-10-15-12-23(21(15)11-16)28-26(34)35-13-22-19-8-4-2-6-17(19)18-7-3-5-9-20(18)22/h2-9,15-16,21-23,30H,10-14H2,1H3,(H,28,34)(H,29,31)(H,32,33)/t15-,16?,21-,23+,27?/m0/s1. The number of amides is 2. The molecule has 0 aliphatic heterocycles. The van der Waals surface area contributed by atoms with E-state index in [1.165, 1.54) is 18.1 Å². The molecule has 8 heteroatoms. The Morgan fingerprint density at radius 3 is 2.23 bits per heavy atom. The van der Waals surface area contributed by atoms with Crippen LogP contribution < -0.4 is 10.6 Å². The maximum absolute atomic E-state index is 12.6. The van der Waals surface area contributed by atoms with Crippen LogP contribution in [0.1, 0.15) is 43.2 Å². The Kier molecular flexibility index (Phi) is 6.01. The lowest BCUT2D eigenvalue weighted by Gasteiger charge is -2.40. The van der Waals surface area contributed by atoms with E-state index in [1.807, 2.05) is 24.3 Å². The van der Waals surface area contributed by atoms with Crippen LogP contribution in [-0.4, -0.2) is 53.0 Å². The highest BCUT2D eigenvalue weighted by Crippen LogP contribution is 2.50. The van der Waals surface area contributed by atoms with Gasteiger partial charge in [-0.25, -0.2) is 9.59 Å². The fraction of sp³-hybridized carbons (Fsp3) is 0.444. The van der Waals surface area contributed by atoms with Crippen LogP contribution in [0.15, 0.2) is 48.5 Å². The maximum Gasteiger partial charge on any atom is 0.407 e. The van der Waals surface area contributed by atoms with E-state index in [9.17, 15) is 24.6 Å². The van der Waals surface area contributed by atoms with Gasteiger partial charge >= 0.3 is 12.1 Å². The molecule has 2 unspecified atom stereocenters. The molecule has 0 spiro atoms. The van der Waals surface area contributed by atoms with Gasteiger partial charge in [0.15, 0.2) is 5.54 Å². The number of benzene rings is 2. The summed E-state index contributed by atoms with van der Waals surface area (Å²) in [6, 6.07) is 16.3. The van der Waals surface area contributed by atoms with Gasteiger partial charge in [0.1, 0.15) is 6.61 Å². The van der Waals surface area contributed by atoms with Crippen molar-refractivity contribution in [2.75, 3.05) is 13.2 Å². The Bertz CT molecular complexity index is 1120. The third kappa shape index (κ3) is 4.16. The highest BCUT2D eigenvalue weighted by atomic mass is 16.5. The molecular weight excluding hydrogens is 448 g/mol. The Labute approximate surface area is 203 Å². The molecular formula is C27H30N2O6. The number of aliphatic carboxylic acids is 1. The summed E-state index contributed by atoms with van der Waals surface area (Å²) in [6.45, 7) is 0.860. The van der Waals surface area contributed by atoms with E-state index in [1.54, 1.807) is 0 Å². The summed E-state index contributed by atoms with van der Waals surface area (Å²) in [7, 11) is 0. The van der Waals surface area contributed by atoms with Crippen molar-refractivity contribution in [3.63, 3.8) is 0 Å². The van der Waals surface area contributed by atoms with E-state index in [2.05, 4.69) is 34.9 Å². The minimum Gasteiger partial charge on any atom is -0.479 e. The summed E-state index contributed by atoms with van der Waals surface area (Å²) in [5.74, 6) is -1.49. The lowest BCUT2D eigenvalue weighted by atomic mass is 9.71. The molecule has 35 heavy (non-hydrogen) atoms. The van der Waals surface area contributed by atoms with Crippen LogP contribution >= 0.6 is 0 Å². The third-order valence-electron chi connectivity index (χ3n) is 8.03. The summed E-state index contributed by atoms with van der Waals surface area (Å²) < 4.78 is 5.65. The minimum atomic E-state index is -1.70. The van der Waals surface area contributed by atoms with E-state index in [-0.39, 0.29) is 36.3 Å². The van der Waals surface area contributed by atoms with E-state index >= 15 is 0 Å². The molecule has 3 aliphatic rings. The normalized spacial score (nSPS) is 25.9. The van der Waals surface area contributed by atoms with Crippen molar-refractivity contribution < 1.29 is 29.3 Å². The molecule has 8 nitrogen and oxygen atoms in total. The van der Waals surface area contributed by atoms with Crippen molar-refractivity contribution in [2.45, 2.75) is 43.7 Å². The van der Waals surface area contributed by atoms with Crippen molar-refractivity contribution in [1.29, 1.82) is 0 Å². The number of carbonyl (C=O) groups excluding carboxylic acids is 2. The molecule has 3 aliphatic carbocycles. The van der Waals surface area contributed by atoms with Gasteiger partial charge in [0.2, 0.25) is 5.91 Å². The Hall–Kier alpha value is -3.39. The van der Waals surface area contributed by atoms with Crippen molar-refractivity contribution in [2.24, 2.45) is 17.8 Å². The second-order valence-electron chi connectivity index (χ2n) is 10.2. The van der Waals surface area contributed by atoms with Gasteiger partial charge in [0.25, 0.3) is 0 Å². The monoisotopic (exact) mass is 478 g/mol. The van der Waals surface area contributed by atoms with Gasteiger partial charge in [-0.15, -0.1) is 0 Å². The van der Waals surface area contributed by atoms with E-state index in [4.69, 9.17) is 4.74 Å². The fourth-order valence-corrected chi connectivity index (χ4v) is 5.93. The molecule has 2 amide bonds. The number of carboxylic acids is 1. The second kappa shape index (κ2) is 9.00. The molecule has 0 heterocycles. The first kappa shape index (κ1) is 23.4. The minimum absolute atomic E-state index is 0.00286. The van der Waals surface area contributed by atoms with Gasteiger partial charge in [-0.3, -0.25) is 4.79 Å². The summed E-state index contributed by atoms with van der Waals surface area (Å²) in [5.41, 5.74) is 2.97. The van der Waals surface area contributed by atoms with Gasteiger partial charge in [-0.05, 0) is 60.3 Å². The van der Waals surface area contributed by atoms with E-state index in [0.717, 1.165) is 17.5 Å². The van der Waals surface area contributed by atoms with E-state index in [0.29, 0.717) is 18.8 Å². The van der Waals surface area contributed by atoms with Crippen molar-refractivity contribution in [3.8, 4) is 11.1 Å². The number of ether oxygens (including phenoxy) is 1. The van der Waals surface area contributed by atoms with Crippen molar-refractivity contribution in [1.82, 2.24) is 10.6 Å². The Balaban J connectivity index is 1.15. The summed E-state index contributed by atoms with van der Waals surface area (Å²) in [5, 5.41) is 24.1. The molecule has 4 N–H and O–H groups in total. The van der Waals surface area contributed by atoms with Gasteiger partial charge in [-0.2, -0.15) is 0 Å². The number of hydrogen-bond donors (Lipinski definition) is 4. The maximum atomic E-state index is 12.6. The van der Waals surface area contributed by atoms with Crippen LogP contribution in [0.25, 0.3) is 11.1 Å². The van der Waals surface area contributed by atoms with Crippen molar-refractivity contribution >= 4 is 18.0 Å². The zero-order valence-corrected chi connectivity index (χ0v) is 19.6. The Morgan fingerprint density at radius 1 is 1.00 bits per heavy atom. The molecule has 0 radical (unpaired) electrons. The number of hydrogen-bond acceptors (Lipinski definition) is 5. The number of nitrogens with one attached hydrogen (secondary N) is 2. The number of alkyl carbamates (subject to hydrolysis) is 1. The van der Waals surface area contributed by atoms with Gasteiger partial charge in [0, 0.05) is 17.9 Å². The number of rotatable bonds is 7. The molecule has 0 aromatic heterocycles. The summed E-state index contributed by atoms with van der Waals surface area (Å²) in [4.78, 5) is 36.6. The van der Waals surface area contributed by atoms with Crippen molar-refractivity contribution in [3.05, 3.63) is 59.7 Å². The SMILES string of the molecule is CC(CO)(NC(=O)C1C[C@H]2C[C@@H](NC(=O)OCC3c4ccccc4-c4ccccc43)[C@H]2C1)C(=O)O. The van der Waals surface area contributed by atoms with Crippen LogP contribution in [0.3, 0.4) is 0 Å². The van der Waals surface area contributed by atoms with Gasteiger partial charge in [0.05, 0.1) is 6.61 Å². The molecule has 2 saturated carbocycles. The number of aliphatic hydroxyl groups is 1. The van der Waals surface area contributed by atoms with Gasteiger partial charge < -0.3 is 25.6 Å². The molecule has 2 fully saturated rings. The van der Waals surface area contributed by atoms with Gasteiger partial charge in [-0.1, -0.05) is 48.5 Å². The largest absolute Gasteiger partial charge is 0.479 e. The molecule has 2 aromatic carbocycles. The molecule has 2 aromatic rings. The van der Waals surface area contributed by atoms with Crippen LogP contribution in [0.5, 0.6) is 0 Å². The predicted octanol–water partition coefficient (Wildman–Crippen LogP) is 2.89. The highest BCUT2D eigenvalue weighted by molar-refractivity contribution is 5.88. The first-order chi connectivity index (χ1) is 16.8. The molecule has 5 rings (SSSR count). The Morgan fingerprint density at radius 2 is 1.63 bits per heavy atom. The second-order valence-corrected chi connectivity index (χ2v) is 10.2. The zero-order valence-electron chi connectivity index (χ0n) is 19.6. The molecule has 5 atom stereocenters. The number of fused-ring (bicyclic) bond motifs is 4. The van der Waals surface area contributed by atoms with Crippen LogP contribution in [0.4, 0.5) is 4.79 Å². The third-order valence-corrected chi connectivity index (χ3v) is 8.03. The zero-order chi connectivity index (χ0) is 24.7. The summed E-state index contributed by atoms with van der Waals surface area (Å²) >= 11 is 0. The predicted molar refractivity (Wildman–Crippen MR) is 128 cm³/mol. The number of aliphatic hydroxyl groups excluding tert-OH is 1. The van der Waals surface area contributed by atoms with Crippen LogP contribution in [0.2, 0.25) is 0 Å². The highest BCUT2D eigenvalue weighted by Gasteiger charge is 2.51. The summed E-state index contributed by atoms with van der Waals surface area (Å²) in [6.07, 6.45) is 1.54. The fourth-order valence-electron chi connectivity index (χ4n) is 5.93. The number of carbonyl (C=O) groups is 3. The average Bonchev–Trinajstić information content (AvgIpc) is 3.36. The number of carboxylic acid groups (broad SMARTS) is 1. The molecule has 0 bridgehead atoms. The average molecular weight is 479 g/mol. The molecule has 184 valence electrons. The van der Waals surface area contributed by atoms with Crippen LogP contribution in [-0.2, 0) is 14.3 Å². The lowest BCUT2D eigenvalue weighted by molar-refractivity contribution is -0.149. The van der Waals surface area contributed by atoms with Crippen LogP contribution in [0, 0.1) is 17.8 Å². The topological polar surface area (TPSA) is 125 Å². The smallest absolute Gasteiger partial charge is 0.407 e. The molecule has 0 saturated heterocycles.